The zero-order chi connectivity index (χ0) is 15.5. The lowest BCUT2D eigenvalue weighted by Gasteiger charge is -2.08. The molecule has 0 unspecified atom stereocenters. The number of nitrogens with one attached hydrogen (secondary N) is 2. The van der Waals surface area contributed by atoms with Gasteiger partial charge in [0.2, 0.25) is 10.0 Å². The zero-order valence-corrected chi connectivity index (χ0v) is 13.4. The molecule has 2 aromatic rings. The molecule has 0 spiro atoms. The van der Waals surface area contributed by atoms with Crippen molar-refractivity contribution >= 4 is 21.4 Å². The normalized spacial score (nSPS) is 11.8. The van der Waals surface area contributed by atoms with Crippen molar-refractivity contribution in [2.45, 2.75) is 24.9 Å². The fourth-order valence-electron chi connectivity index (χ4n) is 1.87. The first-order chi connectivity index (χ1) is 9.92. The Morgan fingerprint density at radius 3 is 2.57 bits per heavy atom. The van der Waals surface area contributed by atoms with Crippen molar-refractivity contribution in [1.29, 1.82) is 0 Å². The maximum absolute atomic E-state index is 13.5. The van der Waals surface area contributed by atoms with Crippen LogP contribution in [-0.2, 0) is 23.1 Å². The Hall–Kier alpha value is -1.28. The molecule has 0 radical (unpaired) electrons. The molecule has 0 fully saturated rings. The van der Waals surface area contributed by atoms with Crippen LogP contribution in [0.2, 0.25) is 0 Å². The van der Waals surface area contributed by atoms with Gasteiger partial charge in [0.05, 0.1) is 4.90 Å². The second-order valence-corrected chi connectivity index (χ2v) is 7.76. The van der Waals surface area contributed by atoms with Crippen LogP contribution in [0.15, 0.2) is 35.2 Å². The monoisotopic (exact) mass is 328 g/mol. The molecule has 2 rings (SSSR count). The van der Waals surface area contributed by atoms with Crippen LogP contribution in [0.3, 0.4) is 0 Å². The van der Waals surface area contributed by atoms with Gasteiger partial charge in [0, 0.05) is 28.4 Å². The van der Waals surface area contributed by atoms with E-state index in [9.17, 15) is 12.8 Å². The van der Waals surface area contributed by atoms with Crippen LogP contribution in [0.25, 0.3) is 0 Å². The van der Waals surface area contributed by atoms with E-state index in [4.69, 9.17) is 0 Å². The van der Waals surface area contributed by atoms with Gasteiger partial charge in [-0.15, -0.1) is 11.3 Å². The van der Waals surface area contributed by atoms with Crippen molar-refractivity contribution in [3.05, 3.63) is 51.5 Å². The van der Waals surface area contributed by atoms with Crippen LogP contribution in [-0.4, -0.2) is 15.5 Å². The van der Waals surface area contributed by atoms with Crippen LogP contribution in [0.1, 0.15) is 15.3 Å². The van der Waals surface area contributed by atoms with Gasteiger partial charge in [-0.25, -0.2) is 17.5 Å². The van der Waals surface area contributed by atoms with Gasteiger partial charge in [0.25, 0.3) is 0 Å². The van der Waals surface area contributed by atoms with Gasteiger partial charge in [-0.3, -0.25) is 0 Å². The average molecular weight is 328 g/mol. The summed E-state index contributed by atoms with van der Waals surface area (Å²) in [6, 6.07) is 7.64. The molecule has 1 aromatic heterocycles. The second-order valence-electron chi connectivity index (χ2n) is 4.62. The van der Waals surface area contributed by atoms with Crippen molar-refractivity contribution in [3.63, 3.8) is 0 Å². The van der Waals surface area contributed by atoms with Crippen molar-refractivity contribution in [3.8, 4) is 0 Å². The first-order valence-corrected chi connectivity index (χ1v) is 8.70. The number of sulfonamides is 1. The summed E-state index contributed by atoms with van der Waals surface area (Å²) in [5.74, 6) is -0.419. The zero-order valence-electron chi connectivity index (χ0n) is 11.8. The lowest BCUT2D eigenvalue weighted by molar-refractivity contribution is 0.578. The van der Waals surface area contributed by atoms with E-state index in [0.717, 1.165) is 9.75 Å². The van der Waals surface area contributed by atoms with Crippen LogP contribution >= 0.6 is 11.3 Å². The summed E-state index contributed by atoms with van der Waals surface area (Å²) < 4.78 is 40.5. The molecule has 7 heteroatoms. The number of rotatable bonds is 6. The number of halogens is 1. The highest BCUT2D eigenvalue weighted by atomic mass is 32.2. The van der Waals surface area contributed by atoms with Gasteiger partial charge in [-0.2, -0.15) is 0 Å². The molecule has 0 bridgehead atoms. The summed E-state index contributed by atoms with van der Waals surface area (Å²) in [7, 11) is -1.97. The first kappa shape index (κ1) is 16.1. The van der Waals surface area contributed by atoms with Gasteiger partial charge < -0.3 is 5.32 Å². The lowest BCUT2D eigenvalue weighted by atomic mass is 10.2. The third-order valence-corrected chi connectivity index (χ3v) is 5.33. The van der Waals surface area contributed by atoms with E-state index in [1.807, 2.05) is 19.1 Å². The molecule has 0 atom stereocenters. The molecule has 0 aliphatic rings. The largest absolute Gasteiger partial charge is 0.316 e. The summed E-state index contributed by atoms with van der Waals surface area (Å²) in [6.07, 6.45) is 0. The molecule has 0 amide bonds. The summed E-state index contributed by atoms with van der Waals surface area (Å²) >= 11 is 1.54. The molecule has 2 N–H and O–H groups in total. The van der Waals surface area contributed by atoms with Crippen LogP contribution in [0.4, 0.5) is 4.39 Å². The summed E-state index contributed by atoms with van der Waals surface area (Å²) in [6.45, 7) is 2.48. The van der Waals surface area contributed by atoms with E-state index in [1.54, 1.807) is 18.4 Å². The minimum atomic E-state index is -3.64. The van der Waals surface area contributed by atoms with Crippen molar-refractivity contribution in [1.82, 2.24) is 10.0 Å². The predicted octanol–water partition coefficient (Wildman–Crippen LogP) is 2.39. The van der Waals surface area contributed by atoms with Crippen LogP contribution < -0.4 is 10.0 Å². The molecule has 1 aromatic carbocycles. The van der Waals surface area contributed by atoms with Gasteiger partial charge in [-0.05, 0) is 44.3 Å². The third kappa shape index (κ3) is 4.10. The smallest absolute Gasteiger partial charge is 0.240 e. The fraction of sp³-hybridized carbons (Fsp3) is 0.286. The van der Waals surface area contributed by atoms with E-state index < -0.39 is 15.8 Å². The summed E-state index contributed by atoms with van der Waals surface area (Å²) in [5, 5.41) is 2.81. The minimum absolute atomic E-state index is 0.0717. The Balaban J connectivity index is 2.17. The Bertz CT molecular complexity index is 726. The number of thiophene rings is 1. The lowest BCUT2D eigenvalue weighted by Crippen LogP contribution is -2.23. The summed E-state index contributed by atoms with van der Waals surface area (Å²) in [5.41, 5.74) is 0.326. The number of hydrogen-bond donors (Lipinski definition) is 2. The highest BCUT2D eigenvalue weighted by Gasteiger charge is 2.16. The molecule has 0 aliphatic carbocycles. The number of aryl methyl sites for hydroxylation is 1. The van der Waals surface area contributed by atoms with Crippen molar-refractivity contribution in [2.24, 2.45) is 0 Å². The highest BCUT2D eigenvalue weighted by molar-refractivity contribution is 7.89. The fourth-order valence-corrected chi connectivity index (χ4v) is 3.85. The molecule has 21 heavy (non-hydrogen) atoms. The van der Waals surface area contributed by atoms with Crippen LogP contribution in [0.5, 0.6) is 0 Å². The molecule has 0 aliphatic heterocycles. The molecule has 4 nitrogen and oxygen atoms in total. The molecule has 0 saturated carbocycles. The van der Waals surface area contributed by atoms with Crippen molar-refractivity contribution < 1.29 is 12.8 Å². The average Bonchev–Trinajstić information content (AvgIpc) is 2.85. The quantitative estimate of drug-likeness (QED) is 0.856. The topological polar surface area (TPSA) is 58.2 Å². The Morgan fingerprint density at radius 1 is 1.19 bits per heavy atom. The van der Waals surface area contributed by atoms with E-state index in [1.165, 1.54) is 18.2 Å². The number of hydrogen-bond acceptors (Lipinski definition) is 4. The van der Waals surface area contributed by atoms with E-state index in [2.05, 4.69) is 10.0 Å². The molecule has 1 heterocycles. The van der Waals surface area contributed by atoms with Crippen LogP contribution in [0, 0.1) is 12.7 Å². The summed E-state index contributed by atoms with van der Waals surface area (Å²) in [4.78, 5) is 2.14. The molecular weight excluding hydrogens is 311 g/mol. The molecular formula is C14H17FN2O2S2. The van der Waals surface area contributed by atoms with Gasteiger partial charge in [0.15, 0.2) is 0 Å². The third-order valence-electron chi connectivity index (χ3n) is 2.93. The van der Waals surface area contributed by atoms with Gasteiger partial charge in [-0.1, -0.05) is 0 Å². The Kier molecular flexibility index (Phi) is 5.10. The van der Waals surface area contributed by atoms with Crippen molar-refractivity contribution in [2.75, 3.05) is 7.05 Å². The second kappa shape index (κ2) is 6.65. The first-order valence-electron chi connectivity index (χ1n) is 6.40. The standard InChI is InChI=1S/C14H17FN2O2S2/c1-10-3-4-12(20-10)9-17-21(18,19)13-5-6-14(15)11(7-13)8-16-2/h3-7,16-17H,8-9H2,1-2H3. The van der Waals surface area contributed by atoms with Gasteiger partial charge >= 0.3 is 0 Å². The van der Waals surface area contributed by atoms with E-state index in [-0.39, 0.29) is 18.0 Å². The maximum Gasteiger partial charge on any atom is 0.240 e. The number of benzene rings is 1. The maximum atomic E-state index is 13.5. The minimum Gasteiger partial charge on any atom is -0.316 e. The Labute approximate surface area is 128 Å². The molecule has 114 valence electrons. The SMILES string of the molecule is CNCc1cc(S(=O)(=O)NCc2ccc(C)s2)ccc1F. The molecule has 0 saturated heterocycles. The Morgan fingerprint density at radius 2 is 1.95 bits per heavy atom. The van der Waals surface area contributed by atoms with E-state index in [0.29, 0.717) is 5.56 Å². The van der Waals surface area contributed by atoms with Gasteiger partial charge in [0.1, 0.15) is 5.82 Å². The predicted molar refractivity (Wildman–Crippen MR) is 82.2 cm³/mol. The highest BCUT2D eigenvalue weighted by Crippen LogP contribution is 2.18. The van der Waals surface area contributed by atoms with E-state index >= 15 is 0 Å².